The number of benzene rings is 3. The van der Waals surface area contributed by atoms with Crippen LogP contribution in [0.15, 0.2) is 66.7 Å². The normalized spacial score (nSPS) is 16.0. The van der Waals surface area contributed by atoms with Crippen molar-refractivity contribution in [3.05, 3.63) is 94.8 Å². The lowest BCUT2D eigenvalue weighted by molar-refractivity contribution is 0.0826. The summed E-state index contributed by atoms with van der Waals surface area (Å²) in [6, 6.07) is 19.3. The molecule has 1 saturated heterocycles. The number of amides is 1. The summed E-state index contributed by atoms with van der Waals surface area (Å²) in [6.07, 6.45) is 1.76. The van der Waals surface area contributed by atoms with Crippen LogP contribution in [0.3, 0.4) is 0 Å². The second-order valence-electron chi connectivity index (χ2n) is 10.6. The Morgan fingerprint density at radius 2 is 1.81 bits per heavy atom. The number of carbonyl (C=O) groups is 1. The maximum Gasteiger partial charge on any atom is 0.254 e. The van der Waals surface area contributed by atoms with E-state index in [1.165, 1.54) is 12.1 Å². The van der Waals surface area contributed by atoms with Gasteiger partial charge in [-0.25, -0.2) is 12.8 Å². The van der Waals surface area contributed by atoms with Gasteiger partial charge >= 0.3 is 0 Å². The molecule has 8 nitrogen and oxygen atoms in total. The molecule has 4 rings (SSSR count). The molecule has 1 aliphatic rings. The molecule has 3 N–H and O–H groups in total. The van der Waals surface area contributed by atoms with Crippen molar-refractivity contribution in [2.24, 2.45) is 0 Å². The summed E-state index contributed by atoms with van der Waals surface area (Å²) < 4.78 is 47.9. The lowest BCUT2D eigenvalue weighted by Gasteiger charge is -2.30. The number of anilines is 1. The van der Waals surface area contributed by atoms with E-state index in [1.54, 1.807) is 7.11 Å². The third-order valence-electron chi connectivity index (χ3n) is 7.41. The molecule has 0 bridgehead atoms. The number of aliphatic hydroxyl groups excluding tert-OH is 1. The van der Waals surface area contributed by atoms with Crippen molar-refractivity contribution in [2.75, 3.05) is 30.3 Å². The number of sulfonamides is 1. The van der Waals surface area contributed by atoms with Gasteiger partial charge in [0.05, 0.1) is 36.3 Å². The average molecular weight is 598 g/mol. The minimum Gasteiger partial charge on any atom is -0.497 e. The number of nitrogens with one attached hydrogen (secondary N) is 2. The van der Waals surface area contributed by atoms with Crippen LogP contribution in [0.5, 0.6) is 5.75 Å². The van der Waals surface area contributed by atoms with Crippen molar-refractivity contribution < 1.29 is 27.4 Å². The highest BCUT2D eigenvalue weighted by Gasteiger charge is 2.31. The molecule has 3 aromatic carbocycles. The summed E-state index contributed by atoms with van der Waals surface area (Å²) in [7, 11) is -2.08. The Bertz CT molecular complexity index is 1450. The zero-order valence-corrected chi connectivity index (χ0v) is 25.0. The third-order valence-corrected chi connectivity index (χ3v) is 9.27. The SMILES string of the molecule is CCCc1cc(C(=O)N[C@@H](Cc2ccccc2)[C@H](O)CNCc2cccc(OC)c2)c(F)c(N2CCCCS2(=O)=O)c1. The van der Waals surface area contributed by atoms with Crippen LogP contribution in [0, 0.1) is 5.82 Å². The van der Waals surface area contributed by atoms with Crippen molar-refractivity contribution in [3.63, 3.8) is 0 Å². The summed E-state index contributed by atoms with van der Waals surface area (Å²) in [5.74, 6) is -0.899. The highest BCUT2D eigenvalue weighted by molar-refractivity contribution is 7.92. The smallest absolute Gasteiger partial charge is 0.254 e. The second kappa shape index (κ2) is 14.6. The lowest BCUT2D eigenvalue weighted by atomic mass is 9.99. The van der Waals surface area contributed by atoms with E-state index in [-0.39, 0.29) is 30.1 Å². The van der Waals surface area contributed by atoms with Crippen LogP contribution in [0.25, 0.3) is 0 Å². The number of rotatable bonds is 13. The predicted molar refractivity (Wildman–Crippen MR) is 163 cm³/mol. The first-order chi connectivity index (χ1) is 20.2. The number of methoxy groups -OCH3 is 1. The van der Waals surface area contributed by atoms with Gasteiger partial charge in [-0.3, -0.25) is 9.10 Å². The monoisotopic (exact) mass is 597 g/mol. The second-order valence-corrected chi connectivity index (χ2v) is 12.7. The van der Waals surface area contributed by atoms with Crippen LogP contribution in [-0.2, 0) is 29.4 Å². The summed E-state index contributed by atoms with van der Waals surface area (Å²) in [5.41, 5.74) is 2.23. The van der Waals surface area contributed by atoms with Gasteiger partial charge in [-0.2, -0.15) is 0 Å². The molecule has 0 aromatic heterocycles. The van der Waals surface area contributed by atoms with Crippen molar-refractivity contribution in [3.8, 4) is 5.75 Å². The quantitative estimate of drug-likeness (QED) is 0.273. The average Bonchev–Trinajstić information content (AvgIpc) is 2.98. The maximum atomic E-state index is 15.9. The summed E-state index contributed by atoms with van der Waals surface area (Å²) in [5, 5.41) is 17.3. The molecule has 0 unspecified atom stereocenters. The van der Waals surface area contributed by atoms with Gasteiger partial charge in [0, 0.05) is 19.6 Å². The Kier molecular flexibility index (Phi) is 11.0. The van der Waals surface area contributed by atoms with Gasteiger partial charge in [0.2, 0.25) is 10.0 Å². The van der Waals surface area contributed by atoms with Crippen LogP contribution < -0.4 is 19.7 Å². The number of aryl methyl sites for hydroxylation is 1. The van der Waals surface area contributed by atoms with Gasteiger partial charge in [0.25, 0.3) is 5.91 Å². The van der Waals surface area contributed by atoms with Crippen molar-refractivity contribution in [1.82, 2.24) is 10.6 Å². The number of halogens is 1. The Labute approximate surface area is 248 Å². The first-order valence-electron chi connectivity index (χ1n) is 14.4. The van der Waals surface area contributed by atoms with E-state index in [4.69, 9.17) is 4.74 Å². The van der Waals surface area contributed by atoms with Crippen molar-refractivity contribution >= 4 is 21.6 Å². The molecule has 1 heterocycles. The standard InChI is InChI=1S/C32H40FN3O5S/c1-3-10-24-18-27(31(33)29(20-24)36-15-7-8-16-42(36,39)40)32(38)35-28(19-23-11-5-4-6-12-23)30(37)22-34-21-25-13-9-14-26(17-25)41-2/h4-6,9,11-14,17-18,20,28,30,34,37H,3,7-8,10,15-16,19,21-22H2,1-2H3,(H,35,38)/t28-,30+/m0/s1. The van der Waals surface area contributed by atoms with Gasteiger partial charge < -0.3 is 20.5 Å². The van der Waals surface area contributed by atoms with Crippen LogP contribution in [0.2, 0.25) is 0 Å². The number of hydrogen-bond acceptors (Lipinski definition) is 6. The van der Waals surface area contributed by atoms with E-state index >= 15 is 4.39 Å². The minimum absolute atomic E-state index is 0.0555. The number of nitrogens with zero attached hydrogens (tertiary/aromatic N) is 1. The molecule has 3 aromatic rings. The van der Waals surface area contributed by atoms with E-state index in [1.807, 2.05) is 61.5 Å². The van der Waals surface area contributed by atoms with Gasteiger partial charge in [0.1, 0.15) is 5.75 Å². The summed E-state index contributed by atoms with van der Waals surface area (Å²) in [6.45, 7) is 2.78. The molecule has 0 radical (unpaired) electrons. The van der Waals surface area contributed by atoms with Crippen molar-refractivity contribution in [1.29, 1.82) is 0 Å². The molecular formula is C32H40FN3O5S. The maximum absolute atomic E-state index is 15.9. The Morgan fingerprint density at radius 3 is 2.52 bits per heavy atom. The van der Waals surface area contributed by atoms with Crippen LogP contribution >= 0.6 is 0 Å². The van der Waals surface area contributed by atoms with Gasteiger partial charge in [0.15, 0.2) is 5.82 Å². The van der Waals surface area contributed by atoms with E-state index in [2.05, 4.69) is 10.6 Å². The Morgan fingerprint density at radius 1 is 1.05 bits per heavy atom. The number of ether oxygens (including phenoxy) is 1. The first-order valence-corrected chi connectivity index (χ1v) is 16.0. The molecule has 1 fully saturated rings. The van der Waals surface area contributed by atoms with E-state index in [0.29, 0.717) is 37.8 Å². The highest BCUT2D eigenvalue weighted by atomic mass is 32.2. The molecule has 226 valence electrons. The first kappa shape index (κ1) is 31.5. The number of hydrogen-bond donors (Lipinski definition) is 3. The molecule has 0 saturated carbocycles. The molecule has 10 heteroatoms. The fraction of sp³-hybridized carbons (Fsp3) is 0.406. The zero-order chi connectivity index (χ0) is 30.1. The van der Waals surface area contributed by atoms with Crippen molar-refractivity contribution in [2.45, 2.75) is 57.7 Å². The largest absolute Gasteiger partial charge is 0.497 e. The predicted octanol–water partition coefficient (Wildman–Crippen LogP) is 4.21. The minimum atomic E-state index is -3.68. The fourth-order valence-corrected chi connectivity index (χ4v) is 6.82. The Hall–Kier alpha value is -3.47. The Balaban J connectivity index is 1.57. The molecule has 2 atom stereocenters. The molecular weight excluding hydrogens is 557 g/mol. The lowest BCUT2D eigenvalue weighted by Crippen LogP contribution is -2.49. The molecule has 42 heavy (non-hydrogen) atoms. The van der Waals surface area contributed by atoms with Gasteiger partial charge in [-0.05, 0) is 66.6 Å². The van der Waals surface area contributed by atoms with E-state index in [9.17, 15) is 18.3 Å². The van der Waals surface area contributed by atoms with Crippen LogP contribution in [-0.4, -0.2) is 57.5 Å². The fourth-order valence-electron chi connectivity index (χ4n) is 5.19. The van der Waals surface area contributed by atoms with Crippen LogP contribution in [0.4, 0.5) is 10.1 Å². The van der Waals surface area contributed by atoms with E-state index in [0.717, 1.165) is 27.6 Å². The summed E-state index contributed by atoms with van der Waals surface area (Å²) in [4.78, 5) is 13.6. The molecule has 0 aliphatic carbocycles. The van der Waals surface area contributed by atoms with Crippen LogP contribution in [0.1, 0.15) is 53.2 Å². The zero-order valence-electron chi connectivity index (χ0n) is 24.2. The molecule has 1 aliphatic heterocycles. The topological polar surface area (TPSA) is 108 Å². The number of aliphatic hydroxyl groups is 1. The molecule has 0 spiro atoms. The van der Waals surface area contributed by atoms with Gasteiger partial charge in [-0.15, -0.1) is 0 Å². The number of carbonyl (C=O) groups excluding carboxylic acids is 1. The molecule has 1 amide bonds. The highest BCUT2D eigenvalue weighted by Crippen LogP contribution is 2.30. The van der Waals surface area contributed by atoms with Gasteiger partial charge in [-0.1, -0.05) is 55.8 Å². The summed E-state index contributed by atoms with van der Waals surface area (Å²) >= 11 is 0. The van der Waals surface area contributed by atoms with E-state index < -0.39 is 33.9 Å². The third kappa shape index (κ3) is 8.08.